The van der Waals surface area contributed by atoms with Gasteiger partial charge in [0, 0.05) is 16.6 Å². The minimum Gasteiger partial charge on any atom is -0.361 e. The van der Waals surface area contributed by atoms with Crippen molar-refractivity contribution in [3.05, 3.63) is 70.3 Å². The van der Waals surface area contributed by atoms with E-state index in [4.69, 9.17) is 4.52 Å². The second kappa shape index (κ2) is 5.91. The molecule has 0 N–H and O–H groups in total. The molecule has 0 atom stereocenters. The highest BCUT2D eigenvalue weighted by molar-refractivity contribution is 9.10. The fraction of sp³-hybridized carbons (Fsp3) is 0.158. The lowest BCUT2D eigenvalue weighted by molar-refractivity contribution is 0.393. The third-order valence-corrected chi connectivity index (χ3v) is 4.68. The first kappa shape index (κ1) is 15.1. The zero-order valence-electron chi connectivity index (χ0n) is 13.5. The van der Waals surface area contributed by atoms with Gasteiger partial charge in [0.15, 0.2) is 0 Å². The summed E-state index contributed by atoms with van der Waals surface area (Å²) in [6.45, 7) is 4.69. The van der Waals surface area contributed by atoms with Crippen LogP contribution in [-0.2, 0) is 6.54 Å². The fourth-order valence-corrected chi connectivity index (χ4v) is 3.52. The highest BCUT2D eigenvalue weighted by Crippen LogP contribution is 2.29. The zero-order valence-corrected chi connectivity index (χ0v) is 15.0. The van der Waals surface area contributed by atoms with Gasteiger partial charge in [0.2, 0.25) is 0 Å². The number of aromatic nitrogens is 3. The smallest absolute Gasteiger partial charge is 0.141 e. The lowest BCUT2D eigenvalue weighted by Gasteiger charge is -2.06. The van der Waals surface area contributed by atoms with E-state index in [0.717, 1.165) is 44.6 Å². The summed E-state index contributed by atoms with van der Waals surface area (Å²) < 4.78 is 8.53. The monoisotopic (exact) mass is 381 g/mol. The molecule has 120 valence electrons. The topological polar surface area (TPSA) is 43.9 Å². The Morgan fingerprint density at radius 1 is 1.12 bits per heavy atom. The molecule has 0 amide bonds. The molecule has 0 spiro atoms. The quantitative estimate of drug-likeness (QED) is 0.494. The number of hydrogen-bond donors (Lipinski definition) is 0. The third-order valence-electron chi connectivity index (χ3n) is 4.19. The van der Waals surface area contributed by atoms with Gasteiger partial charge < -0.3 is 9.09 Å². The molecule has 0 unspecified atom stereocenters. The summed E-state index contributed by atoms with van der Waals surface area (Å²) in [5.74, 6) is 0.834. The van der Waals surface area contributed by atoms with Crippen molar-refractivity contribution in [2.75, 3.05) is 0 Å². The molecule has 0 fully saturated rings. The largest absolute Gasteiger partial charge is 0.361 e. The van der Waals surface area contributed by atoms with E-state index in [1.54, 1.807) is 0 Å². The summed E-state index contributed by atoms with van der Waals surface area (Å²) in [6.07, 6.45) is 1.89. The Morgan fingerprint density at radius 2 is 2.00 bits per heavy atom. The van der Waals surface area contributed by atoms with Crippen LogP contribution in [0.2, 0.25) is 0 Å². The molecule has 2 heterocycles. The molecule has 4 nitrogen and oxygen atoms in total. The van der Waals surface area contributed by atoms with Crippen LogP contribution >= 0.6 is 15.9 Å². The van der Waals surface area contributed by atoms with E-state index in [2.05, 4.69) is 61.0 Å². The average Bonchev–Trinajstić information content (AvgIpc) is 3.10. The zero-order chi connectivity index (χ0) is 16.7. The molecular formula is C19H16BrN3O. The van der Waals surface area contributed by atoms with Gasteiger partial charge in [-0.1, -0.05) is 39.3 Å². The Labute approximate surface area is 148 Å². The van der Waals surface area contributed by atoms with Crippen molar-refractivity contribution in [3.8, 4) is 11.1 Å². The van der Waals surface area contributed by atoms with Gasteiger partial charge in [-0.25, -0.2) is 4.98 Å². The molecule has 4 aromatic rings. The van der Waals surface area contributed by atoms with Crippen LogP contribution in [0.1, 0.15) is 17.0 Å². The Kier molecular flexibility index (Phi) is 3.73. The first-order valence-corrected chi connectivity index (χ1v) is 8.54. The number of halogens is 1. The van der Waals surface area contributed by atoms with Crippen LogP contribution in [-0.4, -0.2) is 14.7 Å². The summed E-state index contributed by atoms with van der Waals surface area (Å²) in [5, 5.41) is 4.04. The van der Waals surface area contributed by atoms with Crippen molar-refractivity contribution in [2.45, 2.75) is 20.4 Å². The van der Waals surface area contributed by atoms with Crippen LogP contribution < -0.4 is 0 Å². The standard InChI is InChI=1S/C19H16BrN3O/c1-12-19(13(2)24-22-12)15-6-7-18-17(9-15)21-11-23(18)10-14-4-3-5-16(20)8-14/h3-9,11H,10H2,1-2H3. The van der Waals surface area contributed by atoms with Gasteiger partial charge >= 0.3 is 0 Å². The number of aryl methyl sites for hydroxylation is 2. The van der Waals surface area contributed by atoms with Crippen LogP contribution in [0.5, 0.6) is 0 Å². The van der Waals surface area contributed by atoms with Crippen LogP contribution in [0.25, 0.3) is 22.2 Å². The van der Waals surface area contributed by atoms with Crippen molar-refractivity contribution in [1.82, 2.24) is 14.7 Å². The van der Waals surface area contributed by atoms with E-state index < -0.39 is 0 Å². The lowest BCUT2D eigenvalue weighted by Crippen LogP contribution is -1.97. The van der Waals surface area contributed by atoms with Gasteiger partial charge in [0.25, 0.3) is 0 Å². The summed E-state index contributed by atoms with van der Waals surface area (Å²) in [7, 11) is 0. The molecule has 2 aromatic carbocycles. The summed E-state index contributed by atoms with van der Waals surface area (Å²) in [5.41, 5.74) is 6.37. The molecule has 5 heteroatoms. The second-order valence-corrected chi connectivity index (χ2v) is 6.82. The molecule has 4 rings (SSSR count). The van der Waals surface area contributed by atoms with E-state index in [1.165, 1.54) is 5.56 Å². The molecule has 2 aromatic heterocycles. The summed E-state index contributed by atoms with van der Waals surface area (Å²) >= 11 is 3.52. The molecule has 24 heavy (non-hydrogen) atoms. The average molecular weight is 382 g/mol. The van der Waals surface area contributed by atoms with Crippen LogP contribution in [0.3, 0.4) is 0 Å². The van der Waals surface area contributed by atoms with Crippen molar-refractivity contribution >= 4 is 27.0 Å². The number of imidazole rings is 1. The van der Waals surface area contributed by atoms with E-state index in [1.807, 2.05) is 32.3 Å². The minimum atomic E-state index is 0.792. The molecule has 0 aliphatic heterocycles. The Morgan fingerprint density at radius 3 is 2.75 bits per heavy atom. The number of hydrogen-bond acceptors (Lipinski definition) is 3. The highest BCUT2D eigenvalue weighted by atomic mass is 79.9. The summed E-state index contributed by atoms with van der Waals surface area (Å²) in [6, 6.07) is 14.6. The van der Waals surface area contributed by atoms with Gasteiger partial charge in [0.1, 0.15) is 5.76 Å². The van der Waals surface area contributed by atoms with Crippen LogP contribution in [0.4, 0.5) is 0 Å². The van der Waals surface area contributed by atoms with Gasteiger partial charge in [-0.15, -0.1) is 0 Å². The molecule has 0 radical (unpaired) electrons. The predicted octanol–water partition coefficient (Wildman–Crippen LogP) is 5.12. The molecule has 0 bridgehead atoms. The first-order valence-electron chi connectivity index (χ1n) is 7.74. The number of nitrogens with zero attached hydrogens (tertiary/aromatic N) is 3. The highest BCUT2D eigenvalue weighted by Gasteiger charge is 2.13. The van der Waals surface area contributed by atoms with Crippen molar-refractivity contribution in [2.24, 2.45) is 0 Å². The Bertz CT molecular complexity index is 1010. The molecule has 0 aliphatic carbocycles. The lowest BCUT2D eigenvalue weighted by atomic mass is 10.0. The minimum absolute atomic E-state index is 0.792. The van der Waals surface area contributed by atoms with Gasteiger partial charge in [-0.3, -0.25) is 0 Å². The van der Waals surface area contributed by atoms with Gasteiger partial charge in [0.05, 0.1) is 23.1 Å². The Balaban J connectivity index is 1.73. The van der Waals surface area contributed by atoms with Gasteiger partial charge in [-0.05, 0) is 49.2 Å². The second-order valence-electron chi connectivity index (χ2n) is 5.91. The predicted molar refractivity (Wildman–Crippen MR) is 97.9 cm³/mol. The van der Waals surface area contributed by atoms with Crippen molar-refractivity contribution in [1.29, 1.82) is 0 Å². The van der Waals surface area contributed by atoms with Crippen molar-refractivity contribution < 1.29 is 4.52 Å². The Hall–Kier alpha value is -2.40. The van der Waals surface area contributed by atoms with Crippen LogP contribution in [0.15, 0.2) is 57.8 Å². The van der Waals surface area contributed by atoms with E-state index >= 15 is 0 Å². The van der Waals surface area contributed by atoms with E-state index in [9.17, 15) is 0 Å². The maximum atomic E-state index is 5.28. The number of rotatable bonds is 3. The van der Waals surface area contributed by atoms with Crippen LogP contribution in [0, 0.1) is 13.8 Å². The maximum absolute atomic E-state index is 5.28. The summed E-state index contributed by atoms with van der Waals surface area (Å²) in [4.78, 5) is 4.57. The van der Waals surface area contributed by atoms with E-state index in [0.29, 0.717) is 0 Å². The fourth-order valence-electron chi connectivity index (χ4n) is 3.07. The number of fused-ring (bicyclic) bond motifs is 1. The molecule has 0 aliphatic rings. The third kappa shape index (κ3) is 2.65. The molecular weight excluding hydrogens is 366 g/mol. The van der Waals surface area contributed by atoms with Crippen molar-refractivity contribution in [3.63, 3.8) is 0 Å². The molecule has 0 saturated carbocycles. The van der Waals surface area contributed by atoms with E-state index in [-0.39, 0.29) is 0 Å². The molecule has 0 saturated heterocycles. The maximum Gasteiger partial charge on any atom is 0.141 e. The first-order chi connectivity index (χ1) is 11.6. The number of benzene rings is 2. The normalized spacial score (nSPS) is 11.3. The SMILES string of the molecule is Cc1noc(C)c1-c1ccc2c(c1)ncn2Cc1cccc(Br)c1. The van der Waals surface area contributed by atoms with Gasteiger partial charge in [-0.2, -0.15) is 0 Å².